The van der Waals surface area contributed by atoms with Crippen LogP contribution in [0.1, 0.15) is 32.0 Å². The molecule has 0 saturated heterocycles. The number of hydrazone groups is 1. The van der Waals surface area contributed by atoms with Crippen LogP contribution in [0.15, 0.2) is 99.0 Å². The van der Waals surface area contributed by atoms with Crippen LogP contribution in [0.25, 0.3) is 22.0 Å². The van der Waals surface area contributed by atoms with Crippen molar-refractivity contribution in [2.45, 2.75) is 6.92 Å². The standard InChI is InChI=1S/C30H20Br2FN3O3/c1-17-7-5-10-19(13-17)30(38)39-28-20(14-21(31)15-23(28)32)16-34-36-29(37)27-25(18-8-3-2-4-9-18)22-11-6-12-24(33)26(22)35-27/h2-16,35H,1H3,(H,36,37). The Balaban J connectivity index is 1.45. The van der Waals surface area contributed by atoms with E-state index in [-0.39, 0.29) is 17.0 Å². The van der Waals surface area contributed by atoms with E-state index in [0.717, 1.165) is 11.1 Å². The number of aromatic nitrogens is 1. The maximum atomic E-state index is 14.6. The molecule has 0 saturated carbocycles. The lowest BCUT2D eigenvalue weighted by Crippen LogP contribution is -2.19. The van der Waals surface area contributed by atoms with Crippen molar-refractivity contribution < 1.29 is 18.7 Å². The predicted octanol–water partition coefficient (Wildman–Crippen LogP) is 7.79. The van der Waals surface area contributed by atoms with Gasteiger partial charge in [0, 0.05) is 21.0 Å². The number of halogens is 3. The summed E-state index contributed by atoms with van der Waals surface area (Å²) in [4.78, 5) is 29.0. The maximum absolute atomic E-state index is 14.6. The minimum Gasteiger partial charge on any atom is -0.421 e. The first kappa shape index (κ1) is 26.5. The topological polar surface area (TPSA) is 83.5 Å². The summed E-state index contributed by atoms with van der Waals surface area (Å²) in [5.41, 5.74) is 5.98. The largest absolute Gasteiger partial charge is 0.421 e. The quantitative estimate of drug-likeness (QED) is 0.0853. The van der Waals surface area contributed by atoms with Gasteiger partial charge in [-0.05, 0) is 58.7 Å². The SMILES string of the molecule is Cc1cccc(C(=O)Oc2c(Br)cc(Br)cc2C=NNC(=O)c2[nH]c3c(F)cccc3c2-c2ccccc2)c1. The highest BCUT2D eigenvalue weighted by Crippen LogP contribution is 2.34. The van der Waals surface area contributed by atoms with Crippen molar-refractivity contribution in [3.8, 4) is 16.9 Å². The minimum absolute atomic E-state index is 0.167. The molecular weight excluding hydrogens is 629 g/mol. The second kappa shape index (κ2) is 11.3. The van der Waals surface area contributed by atoms with Gasteiger partial charge in [0.15, 0.2) is 5.75 Å². The fourth-order valence-corrected chi connectivity index (χ4v) is 5.52. The molecule has 1 aromatic heterocycles. The number of hydrogen-bond donors (Lipinski definition) is 2. The molecule has 0 radical (unpaired) electrons. The highest BCUT2D eigenvalue weighted by molar-refractivity contribution is 9.11. The van der Waals surface area contributed by atoms with Gasteiger partial charge in [-0.1, -0.05) is 76.1 Å². The van der Waals surface area contributed by atoms with Crippen molar-refractivity contribution in [1.29, 1.82) is 0 Å². The summed E-state index contributed by atoms with van der Waals surface area (Å²) < 4.78 is 21.5. The smallest absolute Gasteiger partial charge is 0.343 e. The summed E-state index contributed by atoms with van der Waals surface area (Å²) in [5.74, 6) is -1.33. The minimum atomic E-state index is -0.562. The molecule has 5 aromatic rings. The van der Waals surface area contributed by atoms with E-state index >= 15 is 0 Å². The first-order valence-electron chi connectivity index (χ1n) is 11.8. The first-order chi connectivity index (χ1) is 18.8. The van der Waals surface area contributed by atoms with Gasteiger partial charge in [-0.2, -0.15) is 5.10 Å². The molecule has 0 atom stereocenters. The summed E-state index contributed by atoms with van der Waals surface area (Å²) in [7, 11) is 0. The summed E-state index contributed by atoms with van der Waals surface area (Å²) in [6.07, 6.45) is 1.37. The van der Waals surface area contributed by atoms with Gasteiger partial charge in [0.05, 0.1) is 21.8 Å². The summed E-state index contributed by atoms with van der Waals surface area (Å²) in [5, 5.41) is 4.69. The van der Waals surface area contributed by atoms with Gasteiger partial charge in [-0.25, -0.2) is 14.6 Å². The molecule has 0 aliphatic carbocycles. The van der Waals surface area contributed by atoms with E-state index < -0.39 is 17.7 Å². The van der Waals surface area contributed by atoms with Crippen LogP contribution in [-0.4, -0.2) is 23.1 Å². The number of para-hydroxylation sites is 1. The van der Waals surface area contributed by atoms with Gasteiger partial charge in [0.25, 0.3) is 5.91 Å². The average molecular weight is 649 g/mol. The third-order valence-corrected chi connectivity index (χ3v) is 6.97. The number of carbonyl (C=O) groups is 2. The van der Waals surface area contributed by atoms with E-state index in [2.05, 4.69) is 47.4 Å². The molecule has 0 spiro atoms. The van der Waals surface area contributed by atoms with Gasteiger partial charge >= 0.3 is 5.97 Å². The molecule has 1 amide bonds. The van der Waals surface area contributed by atoms with E-state index in [1.54, 1.807) is 42.5 Å². The molecule has 0 fully saturated rings. The number of H-pyrrole nitrogens is 1. The Bertz CT molecular complexity index is 1750. The monoisotopic (exact) mass is 647 g/mol. The molecule has 4 aromatic carbocycles. The third kappa shape index (κ3) is 5.69. The van der Waals surface area contributed by atoms with Crippen LogP contribution in [-0.2, 0) is 0 Å². The first-order valence-corrected chi connectivity index (χ1v) is 13.4. The number of amides is 1. The lowest BCUT2D eigenvalue weighted by molar-refractivity contribution is 0.0732. The molecular formula is C30H20Br2FN3O3. The Hall–Kier alpha value is -4.08. The molecule has 194 valence electrons. The molecule has 0 aliphatic rings. The van der Waals surface area contributed by atoms with Crippen LogP contribution in [0.5, 0.6) is 5.75 Å². The average Bonchev–Trinajstić information content (AvgIpc) is 3.32. The molecule has 0 bridgehead atoms. The van der Waals surface area contributed by atoms with Gasteiger partial charge in [0.2, 0.25) is 0 Å². The molecule has 39 heavy (non-hydrogen) atoms. The van der Waals surface area contributed by atoms with Crippen molar-refractivity contribution in [2.24, 2.45) is 5.10 Å². The Morgan fingerprint density at radius 3 is 2.51 bits per heavy atom. The second-order valence-corrected chi connectivity index (χ2v) is 10.4. The fraction of sp³-hybridized carbons (Fsp3) is 0.0333. The number of ether oxygens (including phenoxy) is 1. The Labute approximate surface area is 240 Å². The number of aryl methyl sites for hydroxylation is 1. The summed E-state index contributed by atoms with van der Waals surface area (Å²) in [6.45, 7) is 1.89. The van der Waals surface area contributed by atoms with E-state index in [9.17, 15) is 14.0 Å². The fourth-order valence-electron chi connectivity index (χ4n) is 4.18. The van der Waals surface area contributed by atoms with E-state index in [1.807, 2.05) is 43.3 Å². The number of aromatic amines is 1. The molecule has 2 N–H and O–H groups in total. The zero-order chi connectivity index (χ0) is 27.5. The number of nitrogens with zero attached hydrogens (tertiary/aromatic N) is 1. The molecule has 5 rings (SSSR count). The third-order valence-electron chi connectivity index (χ3n) is 5.93. The van der Waals surface area contributed by atoms with Crippen LogP contribution in [0.3, 0.4) is 0 Å². The maximum Gasteiger partial charge on any atom is 0.343 e. The number of nitrogens with one attached hydrogen (secondary N) is 2. The zero-order valence-electron chi connectivity index (χ0n) is 20.5. The van der Waals surface area contributed by atoms with Crippen LogP contribution >= 0.6 is 31.9 Å². The predicted molar refractivity (Wildman–Crippen MR) is 157 cm³/mol. The lowest BCUT2D eigenvalue weighted by atomic mass is 10.0. The van der Waals surface area contributed by atoms with Gasteiger partial charge < -0.3 is 9.72 Å². The molecule has 0 unspecified atom stereocenters. The van der Waals surface area contributed by atoms with Crippen molar-refractivity contribution >= 4 is 60.9 Å². The number of benzene rings is 4. The van der Waals surface area contributed by atoms with Crippen molar-refractivity contribution in [3.05, 3.63) is 122 Å². The zero-order valence-corrected chi connectivity index (χ0v) is 23.6. The van der Waals surface area contributed by atoms with E-state index in [4.69, 9.17) is 4.74 Å². The van der Waals surface area contributed by atoms with Crippen molar-refractivity contribution in [3.63, 3.8) is 0 Å². The summed E-state index contributed by atoms with van der Waals surface area (Å²) in [6, 6.07) is 24.4. The van der Waals surface area contributed by atoms with E-state index in [1.165, 1.54) is 12.3 Å². The number of hydrogen-bond acceptors (Lipinski definition) is 4. The number of carbonyl (C=O) groups excluding carboxylic acids is 2. The van der Waals surface area contributed by atoms with Crippen LogP contribution in [0.4, 0.5) is 4.39 Å². The van der Waals surface area contributed by atoms with E-state index in [0.29, 0.717) is 31.0 Å². The highest BCUT2D eigenvalue weighted by Gasteiger charge is 2.21. The second-order valence-electron chi connectivity index (χ2n) is 8.67. The highest BCUT2D eigenvalue weighted by atomic mass is 79.9. The Kier molecular flexibility index (Phi) is 7.72. The number of rotatable bonds is 6. The summed E-state index contributed by atoms with van der Waals surface area (Å²) >= 11 is 6.86. The van der Waals surface area contributed by atoms with Crippen LogP contribution < -0.4 is 10.2 Å². The number of esters is 1. The van der Waals surface area contributed by atoms with Gasteiger partial charge in [-0.15, -0.1) is 0 Å². The van der Waals surface area contributed by atoms with Gasteiger partial charge in [-0.3, -0.25) is 4.79 Å². The molecule has 1 heterocycles. The molecule has 0 aliphatic heterocycles. The van der Waals surface area contributed by atoms with Crippen molar-refractivity contribution in [2.75, 3.05) is 0 Å². The van der Waals surface area contributed by atoms with Gasteiger partial charge in [0.1, 0.15) is 11.5 Å². The lowest BCUT2D eigenvalue weighted by Gasteiger charge is -2.11. The van der Waals surface area contributed by atoms with Crippen LogP contribution in [0, 0.1) is 12.7 Å². The Morgan fingerprint density at radius 2 is 1.74 bits per heavy atom. The molecule has 9 heteroatoms. The molecule has 6 nitrogen and oxygen atoms in total. The van der Waals surface area contributed by atoms with Crippen LogP contribution in [0.2, 0.25) is 0 Å². The normalized spacial score (nSPS) is 11.2. The van der Waals surface area contributed by atoms with Crippen molar-refractivity contribution in [1.82, 2.24) is 10.4 Å². The number of fused-ring (bicyclic) bond motifs is 1. The Morgan fingerprint density at radius 1 is 0.974 bits per heavy atom.